The molecular weight excluding hydrogens is 241 g/mol. The minimum atomic E-state index is -0.625. The van der Waals surface area contributed by atoms with Gasteiger partial charge in [-0.2, -0.15) is 0 Å². The van der Waals surface area contributed by atoms with Gasteiger partial charge in [0, 0.05) is 17.3 Å². The summed E-state index contributed by atoms with van der Waals surface area (Å²) in [5.74, 6) is -1.09. The molecule has 0 atom stereocenters. The Hall–Kier alpha value is -1.82. The fraction of sp³-hybridized carbons (Fsp3) is 0.182. The SMILES string of the molecule is Cc1csc(CNC(=O)c2ccncc2F)n1. The molecule has 2 aromatic heterocycles. The number of aromatic nitrogens is 2. The summed E-state index contributed by atoms with van der Waals surface area (Å²) in [7, 11) is 0. The molecule has 2 heterocycles. The van der Waals surface area contributed by atoms with Crippen molar-refractivity contribution < 1.29 is 9.18 Å². The van der Waals surface area contributed by atoms with Crippen LogP contribution in [0.3, 0.4) is 0 Å². The van der Waals surface area contributed by atoms with E-state index in [4.69, 9.17) is 0 Å². The van der Waals surface area contributed by atoms with Crippen molar-refractivity contribution in [3.05, 3.63) is 45.9 Å². The van der Waals surface area contributed by atoms with Crippen molar-refractivity contribution in [2.75, 3.05) is 0 Å². The lowest BCUT2D eigenvalue weighted by Crippen LogP contribution is -2.23. The molecule has 6 heteroatoms. The van der Waals surface area contributed by atoms with E-state index in [1.165, 1.54) is 23.6 Å². The van der Waals surface area contributed by atoms with Crippen LogP contribution in [0.1, 0.15) is 21.1 Å². The number of hydrogen-bond acceptors (Lipinski definition) is 4. The van der Waals surface area contributed by atoms with Crippen molar-refractivity contribution in [3.8, 4) is 0 Å². The molecule has 0 fully saturated rings. The van der Waals surface area contributed by atoms with Gasteiger partial charge in [-0.05, 0) is 13.0 Å². The van der Waals surface area contributed by atoms with E-state index < -0.39 is 11.7 Å². The quantitative estimate of drug-likeness (QED) is 0.906. The largest absolute Gasteiger partial charge is 0.345 e. The third-order valence-corrected chi connectivity index (χ3v) is 3.05. The third-order valence-electron chi connectivity index (χ3n) is 2.08. The highest BCUT2D eigenvalue weighted by atomic mass is 32.1. The van der Waals surface area contributed by atoms with E-state index in [0.717, 1.165) is 16.9 Å². The molecule has 0 radical (unpaired) electrons. The second-order valence-corrected chi connectivity index (χ2v) is 4.36. The van der Waals surface area contributed by atoms with Crippen LogP contribution >= 0.6 is 11.3 Å². The summed E-state index contributed by atoms with van der Waals surface area (Å²) < 4.78 is 13.2. The molecule has 1 amide bonds. The lowest BCUT2D eigenvalue weighted by molar-refractivity contribution is 0.0946. The smallest absolute Gasteiger partial charge is 0.254 e. The molecule has 2 rings (SSSR count). The molecule has 1 N–H and O–H groups in total. The predicted octanol–water partition coefficient (Wildman–Crippen LogP) is 1.92. The Balaban J connectivity index is 2.01. The van der Waals surface area contributed by atoms with Crippen LogP contribution in [0.15, 0.2) is 23.8 Å². The highest BCUT2D eigenvalue weighted by Crippen LogP contribution is 2.09. The van der Waals surface area contributed by atoms with Crippen molar-refractivity contribution in [1.82, 2.24) is 15.3 Å². The highest BCUT2D eigenvalue weighted by Gasteiger charge is 2.11. The van der Waals surface area contributed by atoms with Crippen LogP contribution in [0.25, 0.3) is 0 Å². The van der Waals surface area contributed by atoms with Crippen LogP contribution < -0.4 is 5.32 Å². The molecule has 17 heavy (non-hydrogen) atoms. The van der Waals surface area contributed by atoms with E-state index in [1.807, 2.05) is 12.3 Å². The molecule has 0 saturated heterocycles. The van der Waals surface area contributed by atoms with Crippen LogP contribution in [-0.4, -0.2) is 15.9 Å². The Bertz CT molecular complexity index is 541. The van der Waals surface area contributed by atoms with E-state index in [2.05, 4.69) is 15.3 Å². The molecule has 0 unspecified atom stereocenters. The average molecular weight is 251 g/mol. The molecule has 0 bridgehead atoms. The monoisotopic (exact) mass is 251 g/mol. The van der Waals surface area contributed by atoms with Crippen molar-refractivity contribution >= 4 is 17.2 Å². The number of carbonyl (C=O) groups excluding carboxylic acids is 1. The minimum Gasteiger partial charge on any atom is -0.345 e. The number of thiazole rings is 1. The van der Waals surface area contributed by atoms with Gasteiger partial charge in [0.1, 0.15) is 5.01 Å². The Labute approximate surface area is 102 Å². The third kappa shape index (κ3) is 2.85. The molecule has 2 aromatic rings. The van der Waals surface area contributed by atoms with Crippen molar-refractivity contribution in [1.29, 1.82) is 0 Å². The second-order valence-electron chi connectivity index (χ2n) is 3.42. The topological polar surface area (TPSA) is 54.9 Å². The molecule has 0 aromatic carbocycles. The van der Waals surface area contributed by atoms with Crippen LogP contribution in [-0.2, 0) is 6.54 Å². The van der Waals surface area contributed by atoms with Crippen molar-refractivity contribution in [3.63, 3.8) is 0 Å². The van der Waals surface area contributed by atoms with E-state index >= 15 is 0 Å². The molecular formula is C11H10FN3OS. The maximum atomic E-state index is 13.2. The number of rotatable bonds is 3. The van der Waals surface area contributed by atoms with Gasteiger partial charge >= 0.3 is 0 Å². The first-order chi connectivity index (χ1) is 8.16. The predicted molar refractivity (Wildman–Crippen MR) is 62.2 cm³/mol. The summed E-state index contributed by atoms with van der Waals surface area (Å²) in [5.41, 5.74) is 0.905. The van der Waals surface area contributed by atoms with E-state index in [0.29, 0.717) is 6.54 Å². The Morgan fingerprint density at radius 2 is 2.41 bits per heavy atom. The van der Waals surface area contributed by atoms with Gasteiger partial charge in [-0.15, -0.1) is 11.3 Å². The molecule has 0 aliphatic carbocycles. The maximum Gasteiger partial charge on any atom is 0.254 e. The normalized spacial score (nSPS) is 10.2. The van der Waals surface area contributed by atoms with Crippen LogP contribution in [0.4, 0.5) is 4.39 Å². The van der Waals surface area contributed by atoms with Gasteiger partial charge in [0.15, 0.2) is 5.82 Å². The van der Waals surface area contributed by atoms with Gasteiger partial charge in [-0.1, -0.05) is 0 Å². The van der Waals surface area contributed by atoms with E-state index in [1.54, 1.807) is 0 Å². The molecule has 4 nitrogen and oxygen atoms in total. The fourth-order valence-electron chi connectivity index (χ4n) is 1.29. The average Bonchev–Trinajstić information content (AvgIpc) is 2.73. The number of nitrogens with one attached hydrogen (secondary N) is 1. The Kier molecular flexibility index (Phi) is 3.43. The fourth-order valence-corrected chi connectivity index (χ4v) is 2.01. The number of pyridine rings is 1. The first kappa shape index (κ1) is 11.7. The van der Waals surface area contributed by atoms with Crippen molar-refractivity contribution in [2.24, 2.45) is 0 Å². The standard InChI is InChI=1S/C11H10FN3OS/c1-7-6-17-10(15-7)5-14-11(16)8-2-3-13-4-9(8)12/h2-4,6H,5H2,1H3,(H,14,16). The zero-order chi connectivity index (χ0) is 12.3. The van der Waals surface area contributed by atoms with Gasteiger partial charge in [0.25, 0.3) is 5.91 Å². The Morgan fingerprint density at radius 1 is 1.59 bits per heavy atom. The van der Waals surface area contributed by atoms with Gasteiger partial charge in [-0.25, -0.2) is 9.37 Å². The number of halogens is 1. The van der Waals surface area contributed by atoms with Gasteiger partial charge < -0.3 is 5.32 Å². The first-order valence-corrected chi connectivity index (χ1v) is 5.83. The number of hydrogen-bond donors (Lipinski definition) is 1. The number of carbonyl (C=O) groups is 1. The first-order valence-electron chi connectivity index (χ1n) is 4.95. The molecule has 0 spiro atoms. The van der Waals surface area contributed by atoms with E-state index in [-0.39, 0.29) is 5.56 Å². The number of aryl methyl sites for hydroxylation is 1. The minimum absolute atomic E-state index is 0.00622. The zero-order valence-corrected chi connectivity index (χ0v) is 9.92. The summed E-state index contributed by atoms with van der Waals surface area (Å²) in [6.07, 6.45) is 2.40. The summed E-state index contributed by atoms with van der Waals surface area (Å²) in [6.45, 7) is 2.18. The van der Waals surface area contributed by atoms with Gasteiger partial charge in [-0.3, -0.25) is 9.78 Å². The van der Waals surface area contributed by atoms with Crippen LogP contribution in [0.2, 0.25) is 0 Å². The maximum absolute atomic E-state index is 13.2. The van der Waals surface area contributed by atoms with Crippen LogP contribution in [0.5, 0.6) is 0 Å². The summed E-state index contributed by atoms with van der Waals surface area (Å²) >= 11 is 1.46. The molecule has 0 aliphatic heterocycles. The summed E-state index contributed by atoms with van der Waals surface area (Å²) in [6, 6.07) is 1.35. The number of nitrogens with zero attached hydrogens (tertiary/aromatic N) is 2. The van der Waals surface area contributed by atoms with Gasteiger partial charge in [0.05, 0.1) is 18.3 Å². The summed E-state index contributed by atoms with van der Waals surface area (Å²) in [4.78, 5) is 19.4. The van der Waals surface area contributed by atoms with Gasteiger partial charge in [0.2, 0.25) is 0 Å². The second kappa shape index (κ2) is 5.01. The molecule has 88 valence electrons. The summed E-state index contributed by atoms with van der Waals surface area (Å²) in [5, 5.41) is 5.30. The lowest BCUT2D eigenvalue weighted by atomic mass is 10.2. The zero-order valence-electron chi connectivity index (χ0n) is 9.11. The lowest BCUT2D eigenvalue weighted by Gasteiger charge is -2.03. The van der Waals surface area contributed by atoms with Crippen molar-refractivity contribution in [2.45, 2.75) is 13.5 Å². The van der Waals surface area contributed by atoms with E-state index in [9.17, 15) is 9.18 Å². The van der Waals surface area contributed by atoms with Crippen LogP contribution in [0, 0.1) is 12.7 Å². The molecule has 0 aliphatic rings. The molecule has 0 saturated carbocycles. The number of amides is 1. The Morgan fingerprint density at radius 3 is 3.06 bits per heavy atom. The highest BCUT2D eigenvalue weighted by molar-refractivity contribution is 7.09.